The van der Waals surface area contributed by atoms with Crippen LogP contribution in [0.15, 0.2) is 48.6 Å². The average Bonchev–Trinajstić information content (AvgIpc) is 0.779. The highest BCUT2D eigenvalue weighted by Gasteiger charge is 2.54. The van der Waals surface area contributed by atoms with Crippen LogP contribution in [0.4, 0.5) is 0 Å². The summed E-state index contributed by atoms with van der Waals surface area (Å²) in [6.45, 7) is 1.77. The number of aliphatic hydroxyl groups is 11. The molecule has 1 amide bonds. The lowest BCUT2D eigenvalue weighted by Gasteiger charge is -2.48. The molecule has 3 aliphatic rings. The van der Waals surface area contributed by atoms with Crippen LogP contribution < -0.4 is 5.32 Å². The van der Waals surface area contributed by atoms with E-state index in [0.717, 1.165) is 70.6 Å². The van der Waals surface area contributed by atoms with E-state index in [4.69, 9.17) is 28.4 Å². The van der Waals surface area contributed by atoms with E-state index < -0.39 is 124 Å². The first-order chi connectivity index (χ1) is 56.3. The molecule has 0 aromatic rings. The Morgan fingerprint density at radius 3 is 0.939 bits per heavy atom. The molecule has 0 bridgehead atoms. The summed E-state index contributed by atoms with van der Waals surface area (Å²) in [5.41, 5.74) is 0. The molecule has 0 aromatic heterocycles. The summed E-state index contributed by atoms with van der Waals surface area (Å²) in [5.74, 6) is -0.233. The van der Waals surface area contributed by atoms with E-state index in [1.807, 2.05) is 0 Å². The molecule has 0 spiro atoms. The molecule has 3 saturated heterocycles. The minimum atomic E-state index is -1.97. The molecule has 0 saturated carbocycles. The van der Waals surface area contributed by atoms with Crippen LogP contribution in [0.25, 0.3) is 0 Å². The number of ether oxygens (including phenoxy) is 6. The number of rotatable bonds is 80. The van der Waals surface area contributed by atoms with E-state index in [1.165, 1.54) is 321 Å². The van der Waals surface area contributed by atoms with Crippen LogP contribution in [0.5, 0.6) is 0 Å². The number of carbonyl (C=O) groups is 1. The number of nitrogens with one attached hydrogen (secondary N) is 1. The second-order valence-electron chi connectivity index (χ2n) is 34.5. The Morgan fingerprint density at radius 1 is 0.322 bits per heavy atom. The summed E-state index contributed by atoms with van der Waals surface area (Å²) in [5, 5.41) is 122. The highest BCUT2D eigenvalue weighted by molar-refractivity contribution is 5.76. The fraction of sp³-hybridized carbons (Fsp3) is 0.906. The molecule has 17 atom stereocenters. The highest BCUT2D eigenvalue weighted by Crippen LogP contribution is 2.34. The first kappa shape index (κ1) is 107. The topological polar surface area (TPSA) is 307 Å². The van der Waals surface area contributed by atoms with E-state index in [1.54, 1.807) is 0 Å². The van der Waals surface area contributed by atoms with Crippen molar-refractivity contribution in [1.29, 1.82) is 0 Å². The zero-order chi connectivity index (χ0) is 83.1. The van der Waals surface area contributed by atoms with Gasteiger partial charge in [-0.1, -0.05) is 416 Å². The summed E-state index contributed by atoms with van der Waals surface area (Å²) in [4.78, 5) is 13.6. The van der Waals surface area contributed by atoms with Crippen LogP contribution in [0.2, 0.25) is 0 Å². The fourth-order valence-corrected chi connectivity index (χ4v) is 16.5. The van der Waals surface area contributed by atoms with Crippen LogP contribution in [0.3, 0.4) is 0 Å². The molecular formula is C96H179NO18. The Bertz CT molecular complexity index is 2260. The molecule has 3 rings (SSSR count). The zero-order valence-corrected chi connectivity index (χ0v) is 73.3. The number of unbranched alkanes of at least 4 members (excludes halogenated alkanes) is 56. The molecule has 12 N–H and O–H groups in total. The van der Waals surface area contributed by atoms with E-state index in [9.17, 15) is 61.0 Å². The number of carbonyl (C=O) groups excluding carboxylic acids is 1. The fourth-order valence-electron chi connectivity index (χ4n) is 16.5. The van der Waals surface area contributed by atoms with Gasteiger partial charge < -0.3 is 89.9 Å². The van der Waals surface area contributed by atoms with Gasteiger partial charge in [0.1, 0.15) is 73.2 Å². The van der Waals surface area contributed by atoms with Crippen LogP contribution >= 0.6 is 0 Å². The molecule has 0 aromatic carbocycles. The molecule has 0 aliphatic carbocycles. The Hall–Kier alpha value is -2.25. The Kier molecular flexibility index (Phi) is 70.2. The van der Waals surface area contributed by atoms with Gasteiger partial charge in [-0.3, -0.25) is 4.79 Å². The molecule has 115 heavy (non-hydrogen) atoms. The third kappa shape index (κ3) is 53.4. The number of allylic oxidation sites excluding steroid dienone is 8. The van der Waals surface area contributed by atoms with Crippen LogP contribution in [-0.4, -0.2) is 193 Å². The standard InChI is InChI=1S/C96H179NO18/c1-3-5-7-9-11-13-15-17-19-21-23-25-27-29-31-33-35-37-38-39-40-42-44-46-48-50-52-54-56-58-60-62-64-66-68-70-72-74-84(102)97-79(80(101)73-71-69-67-65-63-61-59-57-55-53-51-49-47-45-43-41-36-34-32-30-28-26-24-22-20-18-16-14-12-10-8-6-4-2)78-110-94-90(108)87(105)92(82(76-99)112-94)115-96-91(109)88(106)93(83(77-100)113-96)114-95-89(107)86(104)85(103)81(75-98)111-95/h5,7,11,13,17,19,23,25,79-83,85-96,98-101,103-109H,3-4,6,8-10,12,14-16,18,20-22,24,26-78H2,1-2H3,(H,97,102)/b7-5-,13-11-,19-17-,25-23-. The van der Waals surface area contributed by atoms with Gasteiger partial charge in [-0.2, -0.15) is 0 Å². The van der Waals surface area contributed by atoms with Crippen LogP contribution in [0, 0.1) is 0 Å². The third-order valence-electron chi connectivity index (χ3n) is 24.2. The zero-order valence-electron chi connectivity index (χ0n) is 73.3. The minimum absolute atomic E-state index is 0.233. The third-order valence-corrected chi connectivity index (χ3v) is 24.2. The van der Waals surface area contributed by atoms with Gasteiger partial charge in [-0.05, 0) is 51.4 Å². The van der Waals surface area contributed by atoms with Crippen molar-refractivity contribution in [3.05, 3.63) is 48.6 Å². The second kappa shape index (κ2) is 75.5. The van der Waals surface area contributed by atoms with Crippen molar-refractivity contribution in [2.75, 3.05) is 26.4 Å². The molecule has 17 unspecified atom stereocenters. The predicted molar refractivity (Wildman–Crippen MR) is 466 cm³/mol. The van der Waals surface area contributed by atoms with Gasteiger partial charge >= 0.3 is 0 Å². The maximum absolute atomic E-state index is 13.6. The van der Waals surface area contributed by atoms with Crippen molar-refractivity contribution in [3.63, 3.8) is 0 Å². The molecular weight excluding hydrogens is 1460 g/mol. The molecule has 19 heteroatoms. The maximum atomic E-state index is 13.6. The first-order valence-corrected chi connectivity index (χ1v) is 48.4. The van der Waals surface area contributed by atoms with Gasteiger partial charge in [0.25, 0.3) is 0 Å². The normalized spacial score (nSPS) is 24.8. The van der Waals surface area contributed by atoms with Gasteiger partial charge in [-0.25, -0.2) is 0 Å². The van der Waals surface area contributed by atoms with Crippen LogP contribution in [0.1, 0.15) is 425 Å². The minimum Gasteiger partial charge on any atom is -0.394 e. The smallest absolute Gasteiger partial charge is 0.220 e. The summed E-state index contributed by atoms with van der Waals surface area (Å²) < 4.78 is 34.7. The number of amides is 1. The molecule has 3 aliphatic heterocycles. The number of hydrogen-bond donors (Lipinski definition) is 12. The lowest BCUT2D eigenvalue weighted by atomic mass is 9.96. The lowest BCUT2D eigenvalue weighted by molar-refractivity contribution is -0.379. The van der Waals surface area contributed by atoms with Crippen molar-refractivity contribution in [2.45, 2.75) is 529 Å². The monoisotopic (exact) mass is 1630 g/mol. The predicted octanol–water partition coefficient (Wildman–Crippen LogP) is 19.5. The summed E-state index contributed by atoms with van der Waals surface area (Å²) in [6, 6.07) is -0.889. The van der Waals surface area contributed by atoms with Crippen molar-refractivity contribution >= 4 is 5.91 Å². The molecule has 676 valence electrons. The SMILES string of the molecule is CC/C=C\C/C=C\C/C=C\C/C=C\CCCCCCCCCCCCCCCCCCCCCCCCCCC(=O)NC(COC1OC(CO)C(OC2OC(CO)C(OC3OC(CO)C(O)C(O)C3O)C(O)C2O)C(O)C1O)C(O)CCCCCCCCCCCCCCCCCCCCCCCCCCCCCCCCCCC. The molecule has 19 nitrogen and oxygen atoms in total. The summed E-state index contributed by atoms with van der Waals surface area (Å²) in [6.07, 6.45) is 72.4. The van der Waals surface area contributed by atoms with E-state index in [-0.39, 0.29) is 18.9 Å². The van der Waals surface area contributed by atoms with Gasteiger partial charge in [-0.15, -0.1) is 0 Å². The van der Waals surface area contributed by atoms with Crippen molar-refractivity contribution in [3.8, 4) is 0 Å². The van der Waals surface area contributed by atoms with Crippen molar-refractivity contribution in [2.24, 2.45) is 0 Å². The molecule has 3 fully saturated rings. The Balaban J connectivity index is 1.29. The first-order valence-electron chi connectivity index (χ1n) is 48.4. The number of hydrogen-bond acceptors (Lipinski definition) is 18. The van der Waals surface area contributed by atoms with Crippen molar-refractivity contribution < 1.29 is 89.4 Å². The van der Waals surface area contributed by atoms with Crippen LogP contribution in [-0.2, 0) is 33.2 Å². The van der Waals surface area contributed by atoms with Crippen molar-refractivity contribution in [1.82, 2.24) is 5.32 Å². The Labute approximate surface area is 701 Å². The van der Waals surface area contributed by atoms with E-state index >= 15 is 0 Å². The summed E-state index contributed by atoms with van der Waals surface area (Å²) >= 11 is 0. The average molecular weight is 1640 g/mol. The molecule has 3 heterocycles. The highest BCUT2D eigenvalue weighted by atomic mass is 16.8. The number of aliphatic hydroxyl groups excluding tert-OH is 11. The van der Waals surface area contributed by atoms with Gasteiger partial charge in [0.15, 0.2) is 18.9 Å². The summed E-state index contributed by atoms with van der Waals surface area (Å²) in [7, 11) is 0. The van der Waals surface area contributed by atoms with E-state index in [2.05, 4.69) is 67.8 Å². The quantitative estimate of drug-likeness (QED) is 0.0199. The molecule has 0 radical (unpaired) electrons. The van der Waals surface area contributed by atoms with E-state index in [0.29, 0.717) is 12.8 Å². The Morgan fingerprint density at radius 2 is 0.600 bits per heavy atom. The van der Waals surface area contributed by atoms with Gasteiger partial charge in [0, 0.05) is 6.42 Å². The lowest BCUT2D eigenvalue weighted by Crippen LogP contribution is -2.66. The van der Waals surface area contributed by atoms with Gasteiger partial charge in [0.2, 0.25) is 5.91 Å². The second-order valence-corrected chi connectivity index (χ2v) is 34.5. The van der Waals surface area contributed by atoms with Gasteiger partial charge in [0.05, 0.1) is 38.6 Å². The maximum Gasteiger partial charge on any atom is 0.220 e. The largest absolute Gasteiger partial charge is 0.394 e.